The Balaban J connectivity index is 1.60. The van der Waals surface area contributed by atoms with E-state index in [9.17, 15) is 0 Å². The molecule has 0 N–H and O–H groups in total. The Bertz CT molecular complexity index is 721. The van der Waals surface area contributed by atoms with Crippen molar-refractivity contribution in [1.82, 2.24) is 14.7 Å². The molecule has 1 aliphatic rings. The number of nitrogens with zero attached hydrogens (tertiary/aromatic N) is 3. The van der Waals surface area contributed by atoms with Crippen molar-refractivity contribution < 1.29 is 4.74 Å². The van der Waals surface area contributed by atoms with E-state index in [-0.39, 0.29) is 0 Å². The van der Waals surface area contributed by atoms with Crippen molar-refractivity contribution in [3.63, 3.8) is 0 Å². The van der Waals surface area contributed by atoms with Crippen LogP contribution in [0, 0.1) is 6.92 Å². The highest BCUT2D eigenvalue weighted by Gasteiger charge is 2.21. The molecule has 4 nitrogen and oxygen atoms in total. The van der Waals surface area contributed by atoms with E-state index in [2.05, 4.69) is 31.7 Å². The summed E-state index contributed by atoms with van der Waals surface area (Å²) in [5.74, 6) is 0. The predicted octanol–water partition coefficient (Wildman–Crippen LogP) is 4.53. The van der Waals surface area contributed by atoms with E-state index in [4.69, 9.17) is 33.0 Å². The van der Waals surface area contributed by atoms with Gasteiger partial charge in [0.15, 0.2) is 0 Å². The molecule has 6 heteroatoms. The maximum atomic E-state index is 6.13. The molecule has 1 saturated heterocycles. The van der Waals surface area contributed by atoms with E-state index in [1.807, 2.05) is 16.8 Å². The fraction of sp³-hybridized carbons (Fsp3) is 0.526. The lowest BCUT2D eigenvalue weighted by atomic mass is 10.2. The van der Waals surface area contributed by atoms with Gasteiger partial charge >= 0.3 is 0 Å². The van der Waals surface area contributed by atoms with Crippen LogP contribution in [0.3, 0.4) is 0 Å². The molecule has 0 bridgehead atoms. The summed E-state index contributed by atoms with van der Waals surface area (Å²) in [7, 11) is 0. The lowest BCUT2D eigenvalue weighted by Gasteiger charge is -2.35. The van der Waals surface area contributed by atoms with E-state index >= 15 is 0 Å². The van der Waals surface area contributed by atoms with Crippen molar-refractivity contribution in [2.75, 3.05) is 19.6 Å². The standard InChI is InChI=1S/C19H25Cl2N3O/c1-13-9-16(5-4-8-23-11-14(2)25-15(3)12-23)22-24(13)17-6-7-18(20)19(21)10-17/h6-7,9-10,14-15H,4-5,8,11-12H2,1-3H3. The first kappa shape index (κ1) is 18.7. The van der Waals surface area contributed by atoms with Crippen LogP contribution in [0.25, 0.3) is 5.69 Å². The Labute approximate surface area is 159 Å². The largest absolute Gasteiger partial charge is 0.373 e. The van der Waals surface area contributed by atoms with Gasteiger partial charge in [0, 0.05) is 18.8 Å². The number of benzene rings is 1. The quantitative estimate of drug-likeness (QED) is 0.761. The fourth-order valence-electron chi connectivity index (χ4n) is 3.49. The van der Waals surface area contributed by atoms with E-state index in [1.165, 1.54) is 0 Å². The summed E-state index contributed by atoms with van der Waals surface area (Å²) < 4.78 is 7.72. The minimum atomic E-state index is 0.319. The summed E-state index contributed by atoms with van der Waals surface area (Å²) in [6, 6.07) is 7.74. The van der Waals surface area contributed by atoms with Gasteiger partial charge in [0.05, 0.1) is 33.6 Å². The number of ether oxygens (including phenoxy) is 1. The molecule has 1 fully saturated rings. The third-order valence-electron chi connectivity index (χ3n) is 4.49. The van der Waals surface area contributed by atoms with Gasteiger partial charge in [0.1, 0.15) is 0 Å². The Kier molecular flexibility index (Phi) is 6.05. The molecule has 25 heavy (non-hydrogen) atoms. The maximum absolute atomic E-state index is 6.13. The summed E-state index contributed by atoms with van der Waals surface area (Å²) in [4.78, 5) is 2.49. The minimum absolute atomic E-state index is 0.319. The molecule has 0 spiro atoms. The topological polar surface area (TPSA) is 30.3 Å². The van der Waals surface area contributed by atoms with Crippen molar-refractivity contribution in [1.29, 1.82) is 0 Å². The van der Waals surface area contributed by atoms with Crippen LogP contribution in [-0.4, -0.2) is 46.5 Å². The van der Waals surface area contributed by atoms with Crippen LogP contribution >= 0.6 is 23.2 Å². The molecule has 2 unspecified atom stereocenters. The van der Waals surface area contributed by atoms with Crippen molar-refractivity contribution in [3.8, 4) is 5.69 Å². The van der Waals surface area contributed by atoms with Gasteiger partial charge in [0.2, 0.25) is 0 Å². The second-order valence-corrected chi connectivity index (χ2v) is 7.72. The van der Waals surface area contributed by atoms with E-state index in [1.54, 1.807) is 6.07 Å². The first-order valence-electron chi connectivity index (χ1n) is 8.81. The number of aryl methyl sites for hydroxylation is 2. The maximum Gasteiger partial charge on any atom is 0.0678 e. The second-order valence-electron chi connectivity index (χ2n) is 6.91. The van der Waals surface area contributed by atoms with Crippen LogP contribution in [0.5, 0.6) is 0 Å². The van der Waals surface area contributed by atoms with E-state index < -0.39 is 0 Å². The molecule has 0 aliphatic carbocycles. The molecule has 0 radical (unpaired) electrons. The number of morpholine rings is 1. The van der Waals surface area contributed by atoms with Crippen LogP contribution in [-0.2, 0) is 11.2 Å². The Hall–Kier alpha value is -1.07. The number of halogens is 2. The van der Waals surface area contributed by atoms with Gasteiger partial charge < -0.3 is 4.74 Å². The third-order valence-corrected chi connectivity index (χ3v) is 5.23. The highest BCUT2D eigenvalue weighted by molar-refractivity contribution is 6.42. The van der Waals surface area contributed by atoms with Gasteiger partial charge in [-0.3, -0.25) is 4.90 Å². The molecular weight excluding hydrogens is 357 g/mol. The zero-order chi connectivity index (χ0) is 18.0. The number of hydrogen-bond acceptors (Lipinski definition) is 3. The first-order valence-corrected chi connectivity index (χ1v) is 9.56. The summed E-state index contributed by atoms with van der Waals surface area (Å²) in [5, 5.41) is 5.84. The van der Waals surface area contributed by atoms with Crippen LogP contribution in [0.15, 0.2) is 24.3 Å². The highest BCUT2D eigenvalue weighted by Crippen LogP contribution is 2.25. The zero-order valence-electron chi connectivity index (χ0n) is 15.0. The molecule has 1 aromatic carbocycles. The summed E-state index contributed by atoms with van der Waals surface area (Å²) in [6.07, 6.45) is 2.70. The molecule has 2 heterocycles. The Morgan fingerprint density at radius 2 is 1.84 bits per heavy atom. The molecule has 136 valence electrons. The van der Waals surface area contributed by atoms with Gasteiger partial charge in [-0.05, 0) is 64.4 Å². The minimum Gasteiger partial charge on any atom is -0.373 e. The number of rotatable bonds is 5. The van der Waals surface area contributed by atoms with Crippen LogP contribution in [0.2, 0.25) is 10.0 Å². The smallest absolute Gasteiger partial charge is 0.0678 e. The molecular formula is C19H25Cl2N3O. The van der Waals surface area contributed by atoms with Gasteiger partial charge in [-0.1, -0.05) is 23.2 Å². The van der Waals surface area contributed by atoms with Gasteiger partial charge in [-0.2, -0.15) is 5.10 Å². The van der Waals surface area contributed by atoms with Crippen LogP contribution in [0.1, 0.15) is 31.7 Å². The first-order chi connectivity index (χ1) is 11.9. The summed E-state index contributed by atoms with van der Waals surface area (Å²) in [5.41, 5.74) is 3.15. The highest BCUT2D eigenvalue weighted by atomic mass is 35.5. The van der Waals surface area contributed by atoms with Crippen LogP contribution < -0.4 is 0 Å². The average Bonchev–Trinajstić information content (AvgIpc) is 2.90. The van der Waals surface area contributed by atoms with E-state index in [0.29, 0.717) is 22.3 Å². The lowest BCUT2D eigenvalue weighted by Crippen LogP contribution is -2.45. The molecule has 1 aromatic heterocycles. The molecule has 0 amide bonds. The summed E-state index contributed by atoms with van der Waals surface area (Å²) >= 11 is 12.1. The van der Waals surface area contributed by atoms with Gasteiger partial charge in [-0.25, -0.2) is 4.68 Å². The average molecular weight is 382 g/mol. The number of hydrogen-bond donors (Lipinski definition) is 0. The van der Waals surface area contributed by atoms with Gasteiger partial charge in [0.25, 0.3) is 0 Å². The Morgan fingerprint density at radius 1 is 1.12 bits per heavy atom. The monoisotopic (exact) mass is 381 g/mol. The number of aromatic nitrogens is 2. The molecule has 0 saturated carbocycles. The Morgan fingerprint density at radius 3 is 2.52 bits per heavy atom. The van der Waals surface area contributed by atoms with Crippen molar-refractivity contribution in [2.45, 2.75) is 45.8 Å². The van der Waals surface area contributed by atoms with Crippen molar-refractivity contribution in [2.24, 2.45) is 0 Å². The zero-order valence-corrected chi connectivity index (χ0v) is 16.5. The van der Waals surface area contributed by atoms with Crippen molar-refractivity contribution >= 4 is 23.2 Å². The molecule has 2 atom stereocenters. The van der Waals surface area contributed by atoms with Crippen LogP contribution in [0.4, 0.5) is 0 Å². The van der Waals surface area contributed by atoms with Gasteiger partial charge in [-0.15, -0.1) is 0 Å². The SMILES string of the molecule is Cc1cc(CCCN2CC(C)OC(C)C2)nn1-c1ccc(Cl)c(Cl)c1. The molecule has 1 aliphatic heterocycles. The normalized spacial score (nSPS) is 21.6. The third kappa shape index (κ3) is 4.76. The molecule has 3 rings (SSSR count). The second kappa shape index (κ2) is 8.09. The molecule has 2 aromatic rings. The lowest BCUT2D eigenvalue weighted by molar-refractivity contribution is -0.0680. The fourth-order valence-corrected chi connectivity index (χ4v) is 3.78. The summed E-state index contributed by atoms with van der Waals surface area (Å²) in [6.45, 7) is 9.46. The van der Waals surface area contributed by atoms with Crippen molar-refractivity contribution in [3.05, 3.63) is 45.7 Å². The predicted molar refractivity (Wildman–Crippen MR) is 103 cm³/mol. The van der Waals surface area contributed by atoms with E-state index in [0.717, 1.165) is 49.6 Å².